The summed E-state index contributed by atoms with van der Waals surface area (Å²) in [4.78, 5) is 72.7. The van der Waals surface area contributed by atoms with E-state index in [2.05, 4.69) is 161 Å². The first kappa shape index (κ1) is 92.9. The van der Waals surface area contributed by atoms with Gasteiger partial charge in [-0.1, -0.05) is 238 Å². The Labute approximate surface area is 592 Å². The summed E-state index contributed by atoms with van der Waals surface area (Å²) in [6.07, 6.45) is 78.6. The van der Waals surface area contributed by atoms with Crippen molar-refractivity contribution in [3.63, 3.8) is 0 Å². The zero-order valence-electron chi connectivity index (χ0n) is 60.7. The van der Waals surface area contributed by atoms with Crippen molar-refractivity contribution < 1.29 is 80.2 Å². The van der Waals surface area contributed by atoms with Gasteiger partial charge in [-0.25, -0.2) is 9.13 Å². The van der Waals surface area contributed by atoms with Gasteiger partial charge in [0.1, 0.15) is 19.3 Å². The third-order valence-electron chi connectivity index (χ3n) is 14.7. The molecule has 0 rings (SSSR count). The van der Waals surface area contributed by atoms with Crippen LogP contribution in [0.5, 0.6) is 0 Å². The van der Waals surface area contributed by atoms with Gasteiger partial charge < -0.3 is 33.8 Å². The lowest BCUT2D eigenvalue weighted by molar-refractivity contribution is -0.161. The zero-order valence-corrected chi connectivity index (χ0v) is 62.4. The fourth-order valence-corrected chi connectivity index (χ4v) is 10.7. The number of ether oxygens (including phenoxy) is 4. The minimum Gasteiger partial charge on any atom is -0.462 e. The second-order valence-corrected chi connectivity index (χ2v) is 27.0. The van der Waals surface area contributed by atoms with Gasteiger partial charge in [-0.3, -0.25) is 37.3 Å². The van der Waals surface area contributed by atoms with Crippen molar-refractivity contribution in [2.24, 2.45) is 0 Å². The number of aliphatic hydroxyl groups excluding tert-OH is 1. The van der Waals surface area contributed by atoms with E-state index in [1.54, 1.807) is 0 Å². The van der Waals surface area contributed by atoms with Crippen molar-refractivity contribution in [2.75, 3.05) is 39.6 Å². The van der Waals surface area contributed by atoms with E-state index >= 15 is 0 Å². The molecule has 0 bridgehead atoms. The van der Waals surface area contributed by atoms with Gasteiger partial charge in [0.2, 0.25) is 0 Å². The fourth-order valence-electron chi connectivity index (χ4n) is 9.16. The molecule has 0 aromatic heterocycles. The second-order valence-electron chi connectivity index (χ2n) is 24.1. The van der Waals surface area contributed by atoms with Crippen LogP contribution in [0.15, 0.2) is 146 Å². The van der Waals surface area contributed by atoms with Crippen molar-refractivity contribution in [3.05, 3.63) is 146 Å². The first-order valence-electron chi connectivity index (χ1n) is 37.1. The number of phosphoric ester groups is 2. The van der Waals surface area contributed by atoms with Crippen molar-refractivity contribution in [3.8, 4) is 0 Å². The molecule has 0 heterocycles. The lowest BCUT2D eigenvalue weighted by atomic mass is 10.1. The van der Waals surface area contributed by atoms with Gasteiger partial charge in [0.25, 0.3) is 0 Å². The molecule has 5 unspecified atom stereocenters. The molecule has 0 aromatic rings. The quantitative estimate of drug-likeness (QED) is 0.0169. The van der Waals surface area contributed by atoms with Gasteiger partial charge in [-0.05, 0) is 154 Å². The SMILES string of the molecule is CC/C=C\C/C=C\C/C=C\C/C=C\C/C=C\CCCC(=O)OCC(COP(=O)(O)OCC(O)COP(=O)(O)OCC(COC(=O)CCCC/C=C\C/C=C\C/C=C\C/C=C\CC)OC(=O)CCCCCCC/C=C\CCCCCC)OC(=O)CCCCCCC/C=C\C/C=C\CCC. The molecule has 98 heavy (non-hydrogen) atoms. The van der Waals surface area contributed by atoms with Crippen molar-refractivity contribution in [1.29, 1.82) is 0 Å². The first-order chi connectivity index (χ1) is 47.7. The number of allylic oxidation sites excluding steroid dienone is 24. The number of hydrogen-bond acceptors (Lipinski definition) is 15. The van der Waals surface area contributed by atoms with Gasteiger partial charge in [0.05, 0.1) is 26.4 Å². The number of carbonyl (C=O) groups excluding carboxylic acids is 4. The molecule has 5 atom stereocenters. The van der Waals surface area contributed by atoms with E-state index in [1.165, 1.54) is 25.7 Å². The maximum atomic E-state index is 13.1. The van der Waals surface area contributed by atoms with Crippen molar-refractivity contribution in [2.45, 2.75) is 290 Å². The van der Waals surface area contributed by atoms with E-state index in [0.29, 0.717) is 32.1 Å². The molecular weight excluding hydrogens is 1280 g/mol. The maximum Gasteiger partial charge on any atom is 0.472 e. The minimum absolute atomic E-state index is 0.0611. The van der Waals surface area contributed by atoms with Crippen LogP contribution in [0.2, 0.25) is 0 Å². The highest BCUT2D eigenvalue weighted by atomic mass is 31.2. The van der Waals surface area contributed by atoms with E-state index < -0.39 is 97.5 Å². The van der Waals surface area contributed by atoms with Crippen molar-refractivity contribution in [1.82, 2.24) is 0 Å². The molecule has 3 N–H and O–H groups in total. The molecule has 0 amide bonds. The molecule has 0 spiro atoms. The number of unbranched alkanes of at least 4 members (excludes halogenated alkanes) is 18. The van der Waals surface area contributed by atoms with Crippen LogP contribution in [0.25, 0.3) is 0 Å². The summed E-state index contributed by atoms with van der Waals surface area (Å²) in [5.74, 6) is -2.33. The normalized spacial score (nSPS) is 14.8. The lowest BCUT2D eigenvalue weighted by Gasteiger charge is -2.21. The van der Waals surface area contributed by atoms with Crippen LogP contribution in [0.4, 0.5) is 0 Å². The number of aliphatic hydroxyl groups is 1. The van der Waals surface area contributed by atoms with Crippen LogP contribution >= 0.6 is 15.6 Å². The van der Waals surface area contributed by atoms with Crippen molar-refractivity contribution >= 4 is 39.5 Å². The molecule has 0 aliphatic rings. The molecule has 558 valence electrons. The third kappa shape index (κ3) is 69.4. The second kappa shape index (κ2) is 70.4. The summed E-state index contributed by atoms with van der Waals surface area (Å²) in [7, 11) is -9.99. The molecule has 19 heteroatoms. The molecule has 17 nitrogen and oxygen atoms in total. The molecule has 0 aromatic carbocycles. The largest absolute Gasteiger partial charge is 0.472 e. The average molecular weight is 1410 g/mol. The van der Waals surface area contributed by atoms with E-state index in [1.807, 2.05) is 12.2 Å². The predicted octanol–water partition coefficient (Wildman–Crippen LogP) is 21.1. The Balaban J connectivity index is 5.44. The predicted molar refractivity (Wildman–Crippen MR) is 399 cm³/mol. The van der Waals surface area contributed by atoms with E-state index in [-0.39, 0.29) is 25.7 Å². The standard InChI is InChI=1S/C79H130O17P2/c1-5-9-13-17-21-25-29-33-35-36-38-42-44-48-52-56-60-64-77(82)90-70-75(96-79(84)66-62-58-54-50-46-40-32-28-24-20-16-12-8-4)72-94-98(87,88)92-68-73(80)67-91-97(85,86)93-71-74(95-78(83)65-61-57-53-49-45-39-31-27-23-19-15-11-7-3)69-89-76(81)63-59-55-51-47-43-41-37-34-30-26-22-18-14-10-6-2/h9-10,13-14,16,20-22,25-28,31-35,37-38,42-43,47-48,52,73-75,80H,5-8,11-12,15,17-19,23-24,29-30,36,39-41,44-46,49-51,53-72H2,1-4H3,(H,85,86)(H,87,88)/b13-9-,14-10-,20-16-,25-21-,26-22-,31-27-,32-28-,35-33-,37-34-,42-38-,47-43-,52-48-. The molecule has 0 saturated carbocycles. The highest BCUT2D eigenvalue weighted by molar-refractivity contribution is 7.47. The summed E-state index contributed by atoms with van der Waals surface area (Å²) in [5.41, 5.74) is 0. The fraction of sp³-hybridized carbons (Fsp3) is 0.646. The average Bonchev–Trinajstić information content (AvgIpc) is 0.969. The Kier molecular flexibility index (Phi) is 66.7. The van der Waals surface area contributed by atoms with Crippen LogP contribution in [0, 0.1) is 0 Å². The van der Waals surface area contributed by atoms with Gasteiger partial charge in [-0.15, -0.1) is 0 Å². The maximum absolute atomic E-state index is 13.1. The number of phosphoric acid groups is 2. The number of hydrogen-bond donors (Lipinski definition) is 3. The number of carbonyl (C=O) groups is 4. The van der Waals surface area contributed by atoms with Gasteiger partial charge in [-0.2, -0.15) is 0 Å². The molecule has 0 aliphatic carbocycles. The summed E-state index contributed by atoms with van der Waals surface area (Å²) < 4.78 is 68.3. The Morgan fingerprint density at radius 1 is 0.296 bits per heavy atom. The number of rotatable bonds is 68. The molecular formula is C79H130O17P2. The zero-order chi connectivity index (χ0) is 71.8. The lowest BCUT2D eigenvalue weighted by Crippen LogP contribution is -2.30. The summed E-state index contributed by atoms with van der Waals surface area (Å²) in [5, 5.41) is 10.6. The van der Waals surface area contributed by atoms with Crippen LogP contribution in [-0.2, 0) is 65.4 Å². The Hall–Kier alpha value is -5.06. The molecule has 0 saturated heterocycles. The van der Waals surface area contributed by atoms with E-state index in [4.69, 9.17) is 37.0 Å². The third-order valence-corrected chi connectivity index (χ3v) is 16.7. The van der Waals surface area contributed by atoms with Crippen LogP contribution < -0.4 is 0 Å². The smallest absolute Gasteiger partial charge is 0.462 e. The molecule has 0 aliphatic heterocycles. The Morgan fingerprint density at radius 2 is 0.561 bits per heavy atom. The molecule has 0 fully saturated rings. The van der Waals surface area contributed by atoms with E-state index in [0.717, 1.165) is 161 Å². The number of esters is 4. The monoisotopic (exact) mass is 1410 g/mol. The summed E-state index contributed by atoms with van der Waals surface area (Å²) in [6, 6.07) is 0. The van der Waals surface area contributed by atoms with Gasteiger partial charge in [0, 0.05) is 25.7 Å². The van der Waals surface area contributed by atoms with Crippen LogP contribution in [0.3, 0.4) is 0 Å². The summed E-state index contributed by atoms with van der Waals surface area (Å²) in [6.45, 7) is 4.40. The summed E-state index contributed by atoms with van der Waals surface area (Å²) >= 11 is 0. The Morgan fingerprint density at radius 3 is 0.929 bits per heavy atom. The van der Waals surface area contributed by atoms with Crippen LogP contribution in [-0.4, -0.2) is 96.7 Å². The molecule has 0 radical (unpaired) electrons. The van der Waals surface area contributed by atoms with Gasteiger partial charge in [0.15, 0.2) is 12.2 Å². The van der Waals surface area contributed by atoms with E-state index in [9.17, 15) is 43.2 Å². The Bertz CT molecular complexity index is 2430. The highest BCUT2D eigenvalue weighted by Gasteiger charge is 2.30. The van der Waals surface area contributed by atoms with Gasteiger partial charge >= 0.3 is 39.5 Å². The van der Waals surface area contributed by atoms with Crippen LogP contribution in [0.1, 0.15) is 272 Å². The minimum atomic E-state index is -5.00. The highest BCUT2D eigenvalue weighted by Crippen LogP contribution is 2.45. The first-order valence-corrected chi connectivity index (χ1v) is 40.1. The topological polar surface area (TPSA) is 237 Å².